The number of carbonyl (C=O) groups excluding carboxylic acids is 1. The van der Waals surface area contributed by atoms with E-state index in [1.807, 2.05) is 26.8 Å². The molecule has 0 saturated carbocycles. The first-order valence-corrected chi connectivity index (χ1v) is 7.95. The normalized spacial score (nSPS) is 21.6. The number of nitrogens with zero attached hydrogens (tertiary/aromatic N) is 3. The number of benzene rings is 1. The molecule has 122 valence electrons. The maximum atomic E-state index is 13.0. The zero-order chi connectivity index (χ0) is 16.6. The molecule has 2 aromatic rings. The van der Waals surface area contributed by atoms with Gasteiger partial charge in [-0.3, -0.25) is 9.59 Å². The smallest absolute Gasteiger partial charge is 0.275 e. The summed E-state index contributed by atoms with van der Waals surface area (Å²) >= 11 is 0. The predicted octanol–water partition coefficient (Wildman–Crippen LogP) is 1.67. The van der Waals surface area contributed by atoms with Crippen molar-refractivity contribution in [2.45, 2.75) is 39.5 Å². The average Bonchev–Trinajstić information content (AvgIpc) is 2.54. The lowest BCUT2D eigenvalue weighted by atomic mass is 10.1. The molecule has 1 aromatic heterocycles. The molecular formula is C17H21N3O3. The van der Waals surface area contributed by atoms with E-state index < -0.39 is 0 Å². The van der Waals surface area contributed by atoms with E-state index in [-0.39, 0.29) is 23.7 Å². The van der Waals surface area contributed by atoms with Gasteiger partial charge in [-0.15, -0.1) is 0 Å². The van der Waals surface area contributed by atoms with Crippen LogP contribution < -0.4 is 5.56 Å². The largest absolute Gasteiger partial charge is 0.372 e. The fraction of sp³-hybridized carbons (Fsp3) is 0.471. The van der Waals surface area contributed by atoms with Crippen LogP contribution >= 0.6 is 0 Å². The lowest BCUT2D eigenvalue weighted by Crippen LogP contribution is -2.48. The van der Waals surface area contributed by atoms with Crippen LogP contribution in [-0.4, -0.2) is 45.9 Å². The van der Waals surface area contributed by atoms with E-state index in [2.05, 4.69) is 5.10 Å². The number of hydrogen-bond acceptors (Lipinski definition) is 4. The second kappa shape index (κ2) is 6.12. The van der Waals surface area contributed by atoms with Gasteiger partial charge in [0.1, 0.15) is 0 Å². The van der Waals surface area contributed by atoms with Gasteiger partial charge < -0.3 is 9.64 Å². The molecule has 1 aliphatic heterocycles. The molecule has 1 aliphatic rings. The topological polar surface area (TPSA) is 64.4 Å². The van der Waals surface area contributed by atoms with Crippen LogP contribution in [0.25, 0.3) is 10.8 Å². The summed E-state index contributed by atoms with van der Waals surface area (Å²) in [5.41, 5.74) is 0.173. The number of aryl methyl sites for hydroxylation is 1. The lowest BCUT2D eigenvalue weighted by molar-refractivity contribution is -0.0587. The van der Waals surface area contributed by atoms with E-state index in [0.29, 0.717) is 36.1 Å². The quantitative estimate of drug-likeness (QED) is 0.845. The van der Waals surface area contributed by atoms with Crippen molar-refractivity contribution >= 4 is 16.7 Å². The summed E-state index contributed by atoms with van der Waals surface area (Å²) in [6.45, 7) is 7.24. The van der Waals surface area contributed by atoms with Crippen molar-refractivity contribution in [3.05, 3.63) is 40.3 Å². The molecule has 23 heavy (non-hydrogen) atoms. The van der Waals surface area contributed by atoms with E-state index in [9.17, 15) is 9.59 Å². The second-order valence-corrected chi connectivity index (χ2v) is 5.98. The number of carbonyl (C=O) groups is 1. The molecule has 0 N–H and O–H groups in total. The van der Waals surface area contributed by atoms with Gasteiger partial charge in [-0.25, -0.2) is 4.68 Å². The molecule has 0 spiro atoms. The van der Waals surface area contributed by atoms with Gasteiger partial charge in [0, 0.05) is 25.0 Å². The van der Waals surface area contributed by atoms with E-state index in [0.717, 1.165) is 0 Å². The number of fused-ring (bicyclic) bond motifs is 1. The van der Waals surface area contributed by atoms with Gasteiger partial charge in [0.2, 0.25) is 0 Å². The summed E-state index contributed by atoms with van der Waals surface area (Å²) in [5, 5.41) is 5.46. The van der Waals surface area contributed by atoms with Crippen LogP contribution in [0.3, 0.4) is 0 Å². The van der Waals surface area contributed by atoms with Crippen LogP contribution in [0.2, 0.25) is 0 Å². The molecule has 0 aliphatic carbocycles. The van der Waals surface area contributed by atoms with Crippen molar-refractivity contribution in [3.63, 3.8) is 0 Å². The highest BCUT2D eigenvalue weighted by Gasteiger charge is 2.29. The van der Waals surface area contributed by atoms with E-state index in [1.165, 1.54) is 4.68 Å². The summed E-state index contributed by atoms with van der Waals surface area (Å²) < 4.78 is 7.03. The van der Waals surface area contributed by atoms with Crippen LogP contribution in [0.4, 0.5) is 0 Å². The first kappa shape index (κ1) is 15.7. The molecule has 0 radical (unpaired) electrons. The lowest BCUT2D eigenvalue weighted by Gasteiger charge is -2.35. The van der Waals surface area contributed by atoms with Crippen LogP contribution in [0.15, 0.2) is 29.1 Å². The Kier molecular flexibility index (Phi) is 4.17. The third-order valence-corrected chi connectivity index (χ3v) is 4.08. The number of ether oxygens (including phenoxy) is 1. The highest BCUT2D eigenvalue weighted by molar-refractivity contribution is 6.04. The number of aromatic nitrogens is 2. The molecule has 1 fully saturated rings. The minimum atomic E-state index is -0.164. The van der Waals surface area contributed by atoms with E-state index in [4.69, 9.17) is 4.74 Å². The van der Waals surface area contributed by atoms with Gasteiger partial charge in [0.05, 0.1) is 17.6 Å². The highest BCUT2D eigenvalue weighted by atomic mass is 16.5. The first-order valence-electron chi connectivity index (χ1n) is 7.95. The van der Waals surface area contributed by atoms with Gasteiger partial charge in [-0.1, -0.05) is 18.2 Å². The zero-order valence-corrected chi connectivity index (χ0v) is 13.7. The highest BCUT2D eigenvalue weighted by Crippen LogP contribution is 2.18. The third kappa shape index (κ3) is 2.86. The van der Waals surface area contributed by atoms with Crippen LogP contribution in [0.5, 0.6) is 0 Å². The fourth-order valence-electron chi connectivity index (χ4n) is 3.10. The maximum absolute atomic E-state index is 13.0. The van der Waals surface area contributed by atoms with E-state index >= 15 is 0 Å². The summed E-state index contributed by atoms with van der Waals surface area (Å²) in [5.74, 6) is -0.148. The molecule has 1 saturated heterocycles. The van der Waals surface area contributed by atoms with Gasteiger partial charge >= 0.3 is 0 Å². The van der Waals surface area contributed by atoms with Crippen LogP contribution in [0, 0.1) is 0 Å². The summed E-state index contributed by atoms with van der Waals surface area (Å²) in [6.07, 6.45) is -0.0166. The summed E-state index contributed by atoms with van der Waals surface area (Å²) in [6, 6.07) is 7.15. The monoisotopic (exact) mass is 315 g/mol. The Hall–Kier alpha value is -2.21. The van der Waals surface area contributed by atoms with Crippen LogP contribution in [-0.2, 0) is 11.3 Å². The van der Waals surface area contributed by atoms with Crippen LogP contribution in [0.1, 0.15) is 31.3 Å². The molecule has 0 bridgehead atoms. The predicted molar refractivity (Wildman–Crippen MR) is 87.6 cm³/mol. The molecule has 1 amide bonds. The number of hydrogen-bond donors (Lipinski definition) is 0. The summed E-state index contributed by atoms with van der Waals surface area (Å²) in [7, 11) is 0. The van der Waals surface area contributed by atoms with Crippen molar-refractivity contribution < 1.29 is 9.53 Å². The Morgan fingerprint density at radius 2 is 1.83 bits per heavy atom. The molecule has 3 rings (SSSR count). The van der Waals surface area contributed by atoms with Gasteiger partial charge in [0.15, 0.2) is 5.69 Å². The SMILES string of the molecule is CCn1nc(C(=O)N2C[C@@H](C)O[C@@H](C)C2)c2ccccc2c1=O. The molecular weight excluding hydrogens is 294 g/mol. The Morgan fingerprint density at radius 3 is 2.43 bits per heavy atom. The molecule has 2 atom stereocenters. The average molecular weight is 315 g/mol. The number of amides is 1. The van der Waals surface area contributed by atoms with Gasteiger partial charge in [-0.2, -0.15) is 5.10 Å². The first-order chi connectivity index (χ1) is 11.0. The Balaban J connectivity index is 2.10. The summed E-state index contributed by atoms with van der Waals surface area (Å²) in [4.78, 5) is 27.1. The molecule has 6 heteroatoms. The third-order valence-electron chi connectivity index (χ3n) is 4.08. The standard InChI is InChI=1S/C17H21N3O3/c1-4-20-16(21)14-8-6-5-7-13(14)15(18-20)17(22)19-9-11(2)23-12(3)10-19/h5-8,11-12H,4,9-10H2,1-3H3/t11-,12+. The number of morpholine rings is 1. The Morgan fingerprint density at radius 1 is 1.22 bits per heavy atom. The zero-order valence-electron chi connectivity index (χ0n) is 13.7. The Bertz CT molecular complexity index is 789. The van der Waals surface area contributed by atoms with E-state index in [1.54, 1.807) is 23.1 Å². The van der Waals surface area contributed by atoms with Crippen molar-refractivity contribution in [2.24, 2.45) is 0 Å². The number of rotatable bonds is 2. The fourth-order valence-corrected chi connectivity index (χ4v) is 3.10. The minimum Gasteiger partial charge on any atom is -0.372 e. The second-order valence-electron chi connectivity index (χ2n) is 5.98. The molecule has 6 nitrogen and oxygen atoms in total. The minimum absolute atomic E-state index is 0.00829. The van der Waals surface area contributed by atoms with Crippen molar-refractivity contribution in [2.75, 3.05) is 13.1 Å². The van der Waals surface area contributed by atoms with Gasteiger partial charge in [-0.05, 0) is 26.8 Å². The van der Waals surface area contributed by atoms with Gasteiger partial charge in [0.25, 0.3) is 11.5 Å². The Labute approximate surface area is 134 Å². The molecule has 2 heterocycles. The molecule has 0 unspecified atom stereocenters. The van der Waals surface area contributed by atoms with Crippen molar-refractivity contribution in [1.29, 1.82) is 0 Å². The molecule has 1 aromatic carbocycles. The van der Waals surface area contributed by atoms with Crippen molar-refractivity contribution in [1.82, 2.24) is 14.7 Å². The van der Waals surface area contributed by atoms with Crippen molar-refractivity contribution in [3.8, 4) is 0 Å². The maximum Gasteiger partial charge on any atom is 0.275 e.